The average molecular weight is 253 g/mol. The molecule has 0 amide bonds. The molecule has 0 fully saturated rings. The van der Waals surface area contributed by atoms with Gasteiger partial charge in [-0.05, 0) is 5.41 Å². The number of anilines is 2. The Balaban J connectivity index is 3.14. The third-order valence-corrected chi connectivity index (χ3v) is 2.24. The van der Waals surface area contributed by atoms with Crippen LogP contribution in [0.4, 0.5) is 17.5 Å². The normalized spacial score (nSPS) is 11.2. The van der Waals surface area contributed by atoms with Crippen LogP contribution >= 0.6 is 0 Å². The molecule has 0 saturated heterocycles. The van der Waals surface area contributed by atoms with Gasteiger partial charge in [-0.1, -0.05) is 20.8 Å². The Bertz CT molecular complexity index is 442. The molecule has 0 aliphatic heterocycles. The van der Waals surface area contributed by atoms with Gasteiger partial charge in [0.2, 0.25) is 11.8 Å². The van der Waals surface area contributed by atoms with E-state index in [1.54, 1.807) is 19.0 Å². The summed E-state index contributed by atoms with van der Waals surface area (Å²) in [5, 5.41) is 13.7. The van der Waals surface area contributed by atoms with Gasteiger partial charge in [-0.3, -0.25) is 10.1 Å². The Morgan fingerprint density at radius 2 is 2.11 bits per heavy atom. The molecule has 1 aromatic rings. The van der Waals surface area contributed by atoms with Crippen LogP contribution in [0.2, 0.25) is 0 Å². The molecule has 18 heavy (non-hydrogen) atoms. The van der Waals surface area contributed by atoms with Crippen LogP contribution in [-0.2, 0) is 0 Å². The lowest BCUT2D eigenvalue weighted by Crippen LogP contribution is -2.30. The SMILES string of the molecule is CNc1ncc([N+](=O)[O-])c(N(C)CC(C)(C)C)n1. The van der Waals surface area contributed by atoms with Gasteiger partial charge in [-0.15, -0.1) is 0 Å². The summed E-state index contributed by atoms with van der Waals surface area (Å²) in [6, 6.07) is 0. The molecule has 0 aliphatic rings. The van der Waals surface area contributed by atoms with Gasteiger partial charge in [0, 0.05) is 20.6 Å². The lowest BCUT2D eigenvalue weighted by atomic mass is 9.96. The van der Waals surface area contributed by atoms with Gasteiger partial charge in [-0.2, -0.15) is 4.98 Å². The second kappa shape index (κ2) is 5.16. The predicted octanol–water partition coefficient (Wildman–Crippen LogP) is 1.91. The predicted molar refractivity (Wildman–Crippen MR) is 71.0 cm³/mol. The fraction of sp³-hybridized carbons (Fsp3) is 0.636. The van der Waals surface area contributed by atoms with Gasteiger partial charge in [0.1, 0.15) is 6.20 Å². The molecule has 1 N–H and O–H groups in total. The minimum atomic E-state index is -0.464. The highest BCUT2D eigenvalue weighted by Crippen LogP contribution is 2.27. The molecule has 1 heterocycles. The summed E-state index contributed by atoms with van der Waals surface area (Å²) < 4.78 is 0. The van der Waals surface area contributed by atoms with Gasteiger partial charge < -0.3 is 10.2 Å². The lowest BCUT2D eigenvalue weighted by molar-refractivity contribution is -0.384. The zero-order valence-electron chi connectivity index (χ0n) is 11.4. The quantitative estimate of drug-likeness (QED) is 0.651. The molecule has 0 aliphatic carbocycles. The van der Waals surface area contributed by atoms with E-state index in [1.807, 2.05) is 0 Å². The van der Waals surface area contributed by atoms with Crippen LogP contribution in [0.1, 0.15) is 20.8 Å². The minimum absolute atomic E-state index is 0.0212. The molecule has 0 spiro atoms. The second-order valence-electron chi connectivity index (χ2n) is 5.33. The molecule has 0 aromatic carbocycles. The summed E-state index contributed by atoms with van der Waals surface area (Å²) in [5.74, 6) is 0.700. The fourth-order valence-corrected chi connectivity index (χ4v) is 1.68. The highest BCUT2D eigenvalue weighted by molar-refractivity contribution is 5.58. The second-order valence-corrected chi connectivity index (χ2v) is 5.33. The van der Waals surface area contributed by atoms with E-state index < -0.39 is 4.92 Å². The Morgan fingerprint density at radius 3 is 2.56 bits per heavy atom. The first-order chi connectivity index (χ1) is 8.24. The van der Waals surface area contributed by atoms with E-state index in [0.29, 0.717) is 18.3 Å². The van der Waals surface area contributed by atoms with Gasteiger partial charge in [-0.25, -0.2) is 4.98 Å². The van der Waals surface area contributed by atoms with E-state index in [9.17, 15) is 10.1 Å². The van der Waals surface area contributed by atoms with Crippen molar-refractivity contribution >= 4 is 17.5 Å². The van der Waals surface area contributed by atoms with Crippen LogP contribution in [0.25, 0.3) is 0 Å². The number of nitrogens with zero attached hydrogens (tertiary/aromatic N) is 4. The van der Waals surface area contributed by atoms with Crippen molar-refractivity contribution in [1.82, 2.24) is 9.97 Å². The molecular weight excluding hydrogens is 234 g/mol. The molecule has 7 nitrogen and oxygen atoms in total. The van der Waals surface area contributed by atoms with Crippen molar-refractivity contribution in [3.05, 3.63) is 16.3 Å². The Labute approximate surface area is 106 Å². The van der Waals surface area contributed by atoms with Crippen LogP contribution in [0.15, 0.2) is 6.20 Å². The van der Waals surface area contributed by atoms with Crippen molar-refractivity contribution in [3.8, 4) is 0 Å². The van der Waals surface area contributed by atoms with Crippen LogP contribution in [0, 0.1) is 15.5 Å². The van der Waals surface area contributed by atoms with Crippen LogP contribution in [0.5, 0.6) is 0 Å². The van der Waals surface area contributed by atoms with Crippen LogP contribution in [-0.4, -0.2) is 35.5 Å². The fourth-order valence-electron chi connectivity index (χ4n) is 1.68. The molecule has 7 heteroatoms. The largest absolute Gasteiger partial charge is 0.357 e. The zero-order valence-corrected chi connectivity index (χ0v) is 11.4. The number of hydrogen-bond acceptors (Lipinski definition) is 6. The van der Waals surface area contributed by atoms with E-state index in [-0.39, 0.29) is 11.1 Å². The molecule has 0 radical (unpaired) electrons. The van der Waals surface area contributed by atoms with E-state index in [4.69, 9.17) is 0 Å². The van der Waals surface area contributed by atoms with Gasteiger partial charge in [0.05, 0.1) is 4.92 Å². The summed E-state index contributed by atoms with van der Waals surface area (Å²) in [5.41, 5.74) is -0.0614. The molecule has 0 bridgehead atoms. The molecule has 0 atom stereocenters. The molecule has 1 rings (SSSR count). The Morgan fingerprint density at radius 1 is 1.50 bits per heavy atom. The van der Waals surface area contributed by atoms with Crippen LogP contribution < -0.4 is 10.2 Å². The van der Waals surface area contributed by atoms with Crippen molar-refractivity contribution in [2.75, 3.05) is 30.9 Å². The standard InChI is InChI=1S/C11H19N5O2/c1-11(2,3)7-15(5)9-8(16(17)18)6-13-10(12-4)14-9/h6H,7H2,1-5H3,(H,12,13,14). The smallest absolute Gasteiger partial charge is 0.329 e. The highest BCUT2D eigenvalue weighted by Gasteiger charge is 2.23. The van der Waals surface area contributed by atoms with Gasteiger partial charge >= 0.3 is 5.69 Å². The first-order valence-electron chi connectivity index (χ1n) is 5.65. The maximum Gasteiger partial charge on any atom is 0.329 e. The third kappa shape index (κ3) is 3.54. The molecule has 0 saturated carbocycles. The van der Waals surface area contributed by atoms with Crippen molar-refractivity contribution in [1.29, 1.82) is 0 Å². The highest BCUT2D eigenvalue weighted by atomic mass is 16.6. The first kappa shape index (κ1) is 14.1. The summed E-state index contributed by atoms with van der Waals surface area (Å²) in [6.07, 6.45) is 1.23. The van der Waals surface area contributed by atoms with E-state index in [2.05, 4.69) is 36.1 Å². The maximum atomic E-state index is 11.0. The molecular formula is C11H19N5O2. The molecule has 1 aromatic heterocycles. The zero-order chi connectivity index (χ0) is 13.9. The van der Waals surface area contributed by atoms with Crippen molar-refractivity contribution in [2.24, 2.45) is 5.41 Å². The van der Waals surface area contributed by atoms with E-state index in [1.165, 1.54) is 6.20 Å². The number of nitrogens with one attached hydrogen (secondary N) is 1. The number of rotatable bonds is 4. The van der Waals surface area contributed by atoms with Gasteiger partial charge in [0.25, 0.3) is 0 Å². The Hall–Kier alpha value is -1.92. The van der Waals surface area contributed by atoms with E-state index in [0.717, 1.165) is 0 Å². The monoisotopic (exact) mass is 253 g/mol. The summed E-state index contributed by atoms with van der Waals surface area (Å²) >= 11 is 0. The van der Waals surface area contributed by atoms with E-state index >= 15 is 0 Å². The van der Waals surface area contributed by atoms with Crippen molar-refractivity contribution in [3.63, 3.8) is 0 Å². The third-order valence-electron chi connectivity index (χ3n) is 2.24. The average Bonchev–Trinajstić information content (AvgIpc) is 2.25. The Kier molecular flexibility index (Phi) is 4.05. The maximum absolute atomic E-state index is 11.0. The topological polar surface area (TPSA) is 84.2 Å². The summed E-state index contributed by atoms with van der Waals surface area (Å²) in [4.78, 5) is 20.3. The minimum Gasteiger partial charge on any atom is -0.357 e. The number of nitro groups is 1. The van der Waals surface area contributed by atoms with Crippen molar-refractivity contribution < 1.29 is 4.92 Å². The van der Waals surface area contributed by atoms with Crippen LogP contribution in [0.3, 0.4) is 0 Å². The van der Waals surface area contributed by atoms with Crippen molar-refractivity contribution in [2.45, 2.75) is 20.8 Å². The first-order valence-corrected chi connectivity index (χ1v) is 5.65. The lowest BCUT2D eigenvalue weighted by Gasteiger charge is -2.27. The van der Waals surface area contributed by atoms with Gasteiger partial charge in [0.15, 0.2) is 0 Å². The number of aromatic nitrogens is 2. The summed E-state index contributed by atoms with van der Waals surface area (Å²) in [6.45, 7) is 6.86. The molecule has 0 unspecified atom stereocenters. The molecule has 100 valence electrons. The summed E-state index contributed by atoms with van der Waals surface area (Å²) in [7, 11) is 3.47. The number of hydrogen-bond donors (Lipinski definition) is 1.